The van der Waals surface area contributed by atoms with Gasteiger partial charge in [-0.25, -0.2) is 0 Å². The quantitative estimate of drug-likeness (QED) is 0.400. The van der Waals surface area contributed by atoms with Crippen molar-refractivity contribution in [3.05, 3.63) is 108 Å². The van der Waals surface area contributed by atoms with Crippen LogP contribution in [0, 0.1) is 16.7 Å². The summed E-state index contributed by atoms with van der Waals surface area (Å²) >= 11 is 0. The molecule has 3 aromatic carbocycles. The Morgan fingerprint density at radius 1 is 0.647 bits per heavy atom. The van der Waals surface area contributed by atoms with Crippen molar-refractivity contribution >= 4 is 11.7 Å². The van der Waals surface area contributed by atoms with E-state index in [9.17, 15) is 9.59 Å². The van der Waals surface area contributed by atoms with Crippen molar-refractivity contribution in [2.45, 2.75) is 53.5 Å². The third-order valence-corrected chi connectivity index (χ3v) is 6.44. The lowest BCUT2D eigenvalue weighted by Crippen LogP contribution is -2.49. The van der Waals surface area contributed by atoms with Gasteiger partial charge in [0.25, 0.3) is 0 Å². The molecule has 0 aliphatic carbocycles. The van der Waals surface area contributed by atoms with E-state index in [1.54, 1.807) is 0 Å². The summed E-state index contributed by atoms with van der Waals surface area (Å²) in [4.78, 5) is 27.1. The molecule has 0 heterocycles. The molecule has 0 unspecified atom stereocenters. The Labute approximate surface area is 204 Å². The molecular weight excluding hydrogens is 418 g/mol. The Morgan fingerprint density at radius 2 is 1.00 bits per heavy atom. The van der Waals surface area contributed by atoms with Crippen LogP contribution < -0.4 is 5.32 Å². The summed E-state index contributed by atoms with van der Waals surface area (Å²) in [7, 11) is 0. The van der Waals surface area contributed by atoms with Gasteiger partial charge in [-0.1, -0.05) is 133 Å². The number of carbonyl (C=O) groups is 2. The van der Waals surface area contributed by atoms with Crippen molar-refractivity contribution in [2.24, 2.45) is 16.7 Å². The van der Waals surface area contributed by atoms with Crippen molar-refractivity contribution < 1.29 is 9.59 Å². The van der Waals surface area contributed by atoms with E-state index in [1.807, 2.05) is 133 Å². The maximum atomic E-state index is 13.8. The van der Waals surface area contributed by atoms with Gasteiger partial charge < -0.3 is 5.32 Å². The summed E-state index contributed by atoms with van der Waals surface area (Å²) < 4.78 is 0. The van der Waals surface area contributed by atoms with Gasteiger partial charge in [-0.3, -0.25) is 9.59 Å². The summed E-state index contributed by atoms with van der Waals surface area (Å²) in [5, 5.41) is 3.40. The smallest absolute Gasteiger partial charge is 0.221 e. The number of ketones is 1. The summed E-state index contributed by atoms with van der Waals surface area (Å²) in [6.07, 6.45) is 0.133. The highest BCUT2D eigenvalue weighted by Crippen LogP contribution is 2.39. The Morgan fingerprint density at radius 3 is 1.29 bits per heavy atom. The van der Waals surface area contributed by atoms with E-state index in [4.69, 9.17) is 0 Å². The monoisotopic (exact) mass is 455 g/mol. The minimum atomic E-state index is -0.881. The maximum Gasteiger partial charge on any atom is 0.221 e. The van der Waals surface area contributed by atoms with E-state index in [2.05, 4.69) is 5.32 Å². The highest BCUT2D eigenvalue weighted by atomic mass is 16.2. The first kappa shape index (κ1) is 25.4. The summed E-state index contributed by atoms with van der Waals surface area (Å²) in [5.74, 6) is -0.429. The number of Topliss-reactive ketones (excluding diaryl/α,β-unsaturated/α-hetero) is 1. The molecule has 3 heteroatoms. The lowest BCUT2D eigenvalue weighted by molar-refractivity contribution is -0.138. The molecule has 1 atom stereocenters. The molecule has 0 saturated heterocycles. The lowest BCUT2D eigenvalue weighted by Gasteiger charge is -2.39. The first-order valence-electron chi connectivity index (χ1n) is 12.0. The molecule has 1 amide bonds. The third kappa shape index (κ3) is 5.47. The highest BCUT2D eigenvalue weighted by Gasteiger charge is 2.42. The molecule has 0 bridgehead atoms. The van der Waals surface area contributed by atoms with E-state index in [0.717, 1.165) is 16.7 Å². The van der Waals surface area contributed by atoms with Crippen molar-refractivity contribution in [1.82, 2.24) is 5.32 Å². The molecule has 34 heavy (non-hydrogen) atoms. The fourth-order valence-corrected chi connectivity index (χ4v) is 4.54. The number of hydrogen-bond acceptors (Lipinski definition) is 2. The molecule has 0 aliphatic heterocycles. The van der Waals surface area contributed by atoms with Gasteiger partial charge >= 0.3 is 0 Å². The van der Waals surface area contributed by atoms with E-state index >= 15 is 0 Å². The second-order valence-corrected chi connectivity index (χ2v) is 11.1. The van der Waals surface area contributed by atoms with Gasteiger partial charge in [-0.05, 0) is 22.1 Å². The van der Waals surface area contributed by atoms with Crippen LogP contribution in [0.15, 0.2) is 91.0 Å². The molecule has 0 spiro atoms. The van der Waals surface area contributed by atoms with Crippen LogP contribution in [0.2, 0.25) is 0 Å². The largest absolute Gasteiger partial charge is 0.338 e. The Kier molecular flexibility index (Phi) is 7.45. The molecule has 0 saturated carbocycles. The van der Waals surface area contributed by atoms with Crippen molar-refractivity contribution in [2.75, 3.05) is 0 Å². The fraction of sp³-hybridized carbons (Fsp3) is 0.355. The second kappa shape index (κ2) is 9.97. The van der Waals surface area contributed by atoms with E-state index < -0.39 is 16.9 Å². The van der Waals surface area contributed by atoms with Gasteiger partial charge in [-0.2, -0.15) is 0 Å². The zero-order valence-electron chi connectivity index (χ0n) is 21.3. The van der Waals surface area contributed by atoms with Crippen LogP contribution in [0.4, 0.5) is 0 Å². The number of nitrogens with one attached hydrogen (secondary N) is 1. The van der Waals surface area contributed by atoms with Gasteiger partial charge in [0.1, 0.15) is 11.3 Å². The van der Waals surface area contributed by atoms with Crippen LogP contribution in [-0.2, 0) is 15.1 Å². The molecule has 0 aliphatic rings. The van der Waals surface area contributed by atoms with Crippen LogP contribution in [0.5, 0.6) is 0 Å². The Hall–Kier alpha value is -3.20. The van der Waals surface area contributed by atoms with Crippen LogP contribution in [0.1, 0.15) is 64.7 Å². The van der Waals surface area contributed by atoms with Crippen molar-refractivity contribution in [1.29, 1.82) is 0 Å². The van der Waals surface area contributed by atoms with Crippen LogP contribution >= 0.6 is 0 Å². The second-order valence-electron chi connectivity index (χ2n) is 11.1. The highest BCUT2D eigenvalue weighted by molar-refractivity contribution is 5.91. The predicted molar refractivity (Wildman–Crippen MR) is 139 cm³/mol. The first-order valence-corrected chi connectivity index (χ1v) is 12.0. The average Bonchev–Trinajstić information content (AvgIpc) is 2.81. The molecule has 3 aromatic rings. The molecule has 0 radical (unpaired) electrons. The lowest BCUT2D eigenvalue weighted by atomic mass is 9.69. The number of hydrogen-bond donors (Lipinski definition) is 1. The van der Waals surface area contributed by atoms with Crippen molar-refractivity contribution in [3.8, 4) is 0 Å². The first-order chi connectivity index (χ1) is 16.0. The number of carbonyl (C=O) groups excluding carboxylic acids is 2. The summed E-state index contributed by atoms with van der Waals surface area (Å²) in [6, 6.07) is 30.1. The molecule has 1 N–H and O–H groups in total. The summed E-state index contributed by atoms with van der Waals surface area (Å²) in [5.41, 5.74) is 1.17. The van der Waals surface area contributed by atoms with Crippen LogP contribution in [0.25, 0.3) is 0 Å². The minimum Gasteiger partial charge on any atom is -0.338 e. The van der Waals surface area contributed by atoms with Crippen molar-refractivity contribution in [3.63, 3.8) is 0 Å². The van der Waals surface area contributed by atoms with E-state index in [0.29, 0.717) is 0 Å². The Balaban J connectivity index is 2.13. The van der Waals surface area contributed by atoms with E-state index in [1.165, 1.54) is 0 Å². The van der Waals surface area contributed by atoms with Gasteiger partial charge in [0.15, 0.2) is 0 Å². The maximum absolute atomic E-state index is 13.8. The van der Waals surface area contributed by atoms with Gasteiger partial charge in [-0.15, -0.1) is 0 Å². The normalized spacial score (nSPS) is 13.2. The van der Waals surface area contributed by atoms with Crippen LogP contribution in [-0.4, -0.2) is 11.7 Å². The standard InChI is InChI=1S/C31H37NO2/c1-29(2,3)26(28(34)30(4,5)6)22-27(33)32-31(23-16-10-7-11-17-23,24-18-12-8-13-19-24)25-20-14-9-15-21-25/h7-21,26H,22H2,1-6H3,(H,32,33)/t26-/m0/s1. The predicted octanol–water partition coefficient (Wildman–Crippen LogP) is 6.76. The average molecular weight is 456 g/mol. The fourth-order valence-electron chi connectivity index (χ4n) is 4.54. The Bertz CT molecular complexity index is 994. The zero-order valence-corrected chi connectivity index (χ0v) is 21.3. The van der Waals surface area contributed by atoms with Crippen LogP contribution in [0.3, 0.4) is 0 Å². The molecule has 3 nitrogen and oxygen atoms in total. The topological polar surface area (TPSA) is 46.2 Å². The number of rotatable bonds is 7. The zero-order chi connectivity index (χ0) is 25.0. The van der Waals surface area contributed by atoms with Gasteiger partial charge in [0.05, 0.1) is 0 Å². The summed E-state index contributed by atoms with van der Waals surface area (Å²) in [6.45, 7) is 11.9. The SMILES string of the molecule is CC(C)(C)C(=O)[C@H](CC(=O)NC(c1ccccc1)(c1ccccc1)c1ccccc1)C(C)(C)C. The molecule has 0 fully saturated rings. The third-order valence-electron chi connectivity index (χ3n) is 6.44. The van der Waals surface area contributed by atoms with Gasteiger partial charge in [0.2, 0.25) is 5.91 Å². The molecule has 3 rings (SSSR count). The molecule has 0 aromatic heterocycles. The van der Waals surface area contributed by atoms with Gasteiger partial charge in [0, 0.05) is 17.8 Å². The molecular formula is C31H37NO2. The number of benzene rings is 3. The molecule has 178 valence electrons. The minimum absolute atomic E-state index is 0.111. The number of amides is 1. The van der Waals surface area contributed by atoms with E-state index in [-0.39, 0.29) is 23.5 Å².